The van der Waals surface area contributed by atoms with E-state index in [-0.39, 0.29) is 18.0 Å². The van der Waals surface area contributed by atoms with Crippen LogP contribution < -0.4 is 5.32 Å². The predicted molar refractivity (Wildman–Crippen MR) is 96.1 cm³/mol. The van der Waals surface area contributed by atoms with Crippen molar-refractivity contribution in [3.8, 4) is 0 Å². The van der Waals surface area contributed by atoms with Crippen LogP contribution in [0.5, 0.6) is 0 Å². The van der Waals surface area contributed by atoms with E-state index in [9.17, 15) is 9.59 Å². The van der Waals surface area contributed by atoms with Crippen molar-refractivity contribution in [3.05, 3.63) is 68.9 Å². The summed E-state index contributed by atoms with van der Waals surface area (Å²) >= 11 is 6.14. The van der Waals surface area contributed by atoms with Gasteiger partial charge in [-0.25, -0.2) is 0 Å². The summed E-state index contributed by atoms with van der Waals surface area (Å²) in [5, 5.41) is 3.53. The summed E-state index contributed by atoms with van der Waals surface area (Å²) in [6.07, 6.45) is 5.71. The molecule has 3 nitrogen and oxygen atoms in total. The van der Waals surface area contributed by atoms with Gasteiger partial charge in [0.05, 0.1) is 0 Å². The summed E-state index contributed by atoms with van der Waals surface area (Å²) in [6.45, 7) is 6.61. The molecule has 0 spiro atoms. The number of halogens is 1. The number of benzene rings is 1. The Hall–Kier alpha value is -2.13. The van der Waals surface area contributed by atoms with Crippen LogP contribution in [0.15, 0.2) is 46.7 Å². The Morgan fingerprint density at radius 1 is 1.17 bits per heavy atom. The summed E-state index contributed by atoms with van der Waals surface area (Å²) in [5.41, 5.74) is 5.27. The Kier molecular flexibility index (Phi) is 4.46. The molecule has 1 N–H and O–H groups in total. The molecule has 1 atom stereocenters. The van der Waals surface area contributed by atoms with Gasteiger partial charge >= 0.3 is 0 Å². The van der Waals surface area contributed by atoms with Gasteiger partial charge < -0.3 is 5.32 Å². The molecule has 1 unspecified atom stereocenters. The lowest BCUT2D eigenvalue weighted by Crippen LogP contribution is -2.16. The first-order valence-electron chi connectivity index (χ1n) is 8.04. The van der Waals surface area contributed by atoms with Crippen molar-refractivity contribution < 1.29 is 9.59 Å². The lowest BCUT2D eigenvalue weighted by Gasteiger charge is -2.15. The molecular weight excluding hydrogens is 322 g/mol. The van der Waals surface area contributed by atoms with Gasteiger partial charge in [0.1, 0.15) is 11.1 Å². The molecule has 0 saturated heterocycles. The van der Waals surface area contributed by atoms with E-state index >= 15 is 0 Å². The standard InChI is InChI=1S/C20H20ClNO2/c1-11-7-12(2)17(13(3)8-11)18-16(23)10-15(19(18)24)9-14-5-4-6-22-20(14)21/h4-5,7-9,18,22H,6,10H2,1-3H3. The smallest absolute Gasteiger partial charge is 0.174 e. The molecule has 0 amide bonds. The molecule has 1 aliphatic carbocycles. The molecule has 0 aromatic heterocycles. The Balaban J connectivity index is 2.01. The van der Waals surface area contributed by atoms with Crippen LogP contribution in [-0.2, 0) is 9.59 Å². The van der Waals surface area contributed by atoms with Gasteiger partial charge in [0.25, 0.3) is 0 Å². The van der Waals surface area contributed by atoms with Gasteiger partial charge in [0.15, 0.2) is 11.6 Å². The first kappa shape index (κ1) is 16.7. The third-order valence-electron chi connectivity index (χ3n) is 4.55. The molecule has 1 heterocycles. The third-order valence-corrected chi connectivity index (χ3v) is 4.90. The number of hydrogen-bond donors (Lipinski definition) is 1. The molecule has 1 aromatic carbocycles. The molecule has 2 aliphatic rings. The number of ketones is 2. The lowest BCUT2D eigenvalue weighted by atomic mass is 9.87. The van der Waals surface area contributed by atoms with E-state index in [1.807, 2.05) is 45.1 Å². The van der Waals surface area contributed by atoms with E-state index in [2.05, 4.69) is 5.32 Å². The van der Waals surface area contributed by atoms with Gasteiger partial charge in [-0.2, -0.15) is 0 Å². The number of allylic oxidation sites excluding steroid dienone is 4. The molecule has 24 heavy (non-hydrogen) atoms. The molecule has 124 valence electrons. The number of nitrogens with one attached hydrogen (secondary N) is 1. The quantitative estimate of drug-likeness (QED) is 0.506. The largest absolute Gasteiger partial charge is 0.372 e. The second kappa shape index (κ2) is 6.40. The van der Waals surface area contributed by atoms with Crippen molar-refractivity contribution in [2.24, 2.45) is 0 Å². The summed E-state index contributed by atoms with van der Waals surface area (Å²) < 4.78 is 0. The number of rotatable bonds is 2. The SMILES string of the molecule is Cc1cc(C)c(C2C(=O)CC(=CC3=C(Cl)NCC=C3)C2=O)c(C)c1. The molecule has 0 radical (unpaired) electrons. The van der Waals surface area contributed by atoms with Crippen LogP contribution in [-0.4, -0.2) is 18.1 Å². The molecule has 1 aromatic rings. The maximum Gasteiger partial charge on any atom is 0.174 e. The van der Waals surface area contributed by atoms with Gasteiger partial charge in [-0.3, -0.25) is 9.59 Å². The average molecular weight is 342 g/mol. The fourth-order valence-electron chi connectivity index (χ4n) is 3.58. The number of Topliss-reactive ketones (excluding diaryl/α,β-unsaturated/α-hetero) is 2. The number of dihydropyridines is 1. The van der Waals surface area contributed by atoms with Crippen molar-refractivity contribution in [2.75, 3.05) is 6.54 Å². The zero-order chi connectivity index (χ0) is 17.4. The monoisotopic (exact) mass is 341 g/mol. The van der Waals surface area contributed by atoms with E-state index < -0.39 is 5.92 Å². The topological polar surface area (TPSA) is 46.2 Å². The zero-order valence-corrected chi connectivity index (χ0v) is 14.8. The fourth-order valence-corrected chi connectivity index (χ4v) is 3.77. The van der Waals surface area contributed by atoms with Crippen molar-refractivity contribution in [1.29, 1.82) is 0 Å². The Bertz CT molecular complexity index is 807. The number of hydrogen-bond acceptors (Lipinski definition) is 3. The van der Waals surface area contributed by atoms with Crippen LogP contribution >= 0.6 is 11.6 Å². The summed E-state index contributed by atoms with van der Waals surface area (Å²) in [6, 6.07) is 4.05. The summed E-state index contributed by atoms with van der Waals surface area (Å²) in [5.74, 6) is -0.825. The van der Waals surface area contributed by atoms with Crippen molar-refractivity contribution in [2.45, 2.75) is 33.1 Å². The molecular formula is C20H20ClNO2. The summed E-state index contributed by atoms with van der Waals surface area (Å²) in [7, 11) is 0. The molecule has 3 rings (SSSR count). The average Bonchev–Trinajstić information content (AvgIpc) is 2.76. The second-order valence-corrected chi connectivity index (χ2v) is 6.85. The van der Waals surface area contributed by atoms with E-state index in [1.165, 1.54) is 0 Å². The minimum atomic E-state index is -0.684. The van der Waals surface area contributed by atoms with Gasteiger partial charge in [-0.05, 0) is 43.5 Å². The van der Waals surface area contributed by atoms with Crippen LogP contribution in [0.3, 0.4) is 0 Å². The Labute approximate surface area is 147 Å². The normalized spacial score (nSPS) is 22.5. The Morgan fingerprint density at radius 3 is 2.46 bits per heavy atom. The van der Waals surface area contributed by atoms with Crippen LogP contribution in [0.1, 0.15) is 34.6 Å². The molecule has 1 saturated carbocycles. The van der Waals surface area contributed by atoms with Crippen LogP contribution in [0.2, 0.25) is 0 Å². The van der Waals surface area contributed by atoms with Gasteiger partial charge in [-0.15, -0.1) is 0 Å². The van der Waals surface area contributed by atoms with Crippen LogP contribution in [0, 0.1) is 20.8 Å². The third kappa shape index (κ3) is 2.96. The van der Waals surface area contributed by atoms with E-state index in [0.717, 1.165) is 27.8 Å². The van der Waals surface area contributed by atoms with Crippen molar-refractivity contribution in [1.82, 2.24) is 5.32 Å². The van der Waals surface area contributed by atoms with E-state index in [1.54, 1.807) is 6.08 Å². The predicted octanol–water partition coefficient (Wildman–Crippen LogP) is 3.77. The number of carbonyl (C=O) groups excluding carboxylic acids is 2. The van der Waals surface area contributed by atoms with Gasteiger partial charge in [-0.1, -0.05) is 41.4 Å². The highest BCUT2D eigenvalue weighted by molar-refractivity contribution is 6.30. The number of carbonyl (C=O) groups is 2. The molecule has 1 aliphatic heterocycles. The van der Waals surface area contributed by atoms with Crippen LogP contribution in [0.25, 0.3) is 0 Å². The molecule has 1 fully saturated rings. The lowest BCUT2D eigenvalue weighted by molar-refractivity contribution is -0.123. The first-order chi connectivity index (χ1) is 11.4. The fraction of sp³-hybridized carbons (Fsp3) is 0.300. The highest BCUT2D eigenvalue weighted by Crippen LogP contribution is 2.36. The highest BCUT2D eigenvalue weighted by Gasteiger charge is 2.39. The van der Waals surface area contributed by atoms with Gasteiger partial charge in [0, 0.05) is 24.1 Å². The van der Waals surface area contributed by atoms with Crippen molar-refractivity contribution >= 4 is 23.2 Å². The maximum absolute atomic E-state index is 12.9. The van der Waals surface area contributed by atoms with E-state index in [0.29, 0.717) is 17.3 Å². The first-order valence-corrected chi connectivity index (χ1v) is 8.41. The van der Waals surface area contributed by atoms with E-state index in [4.69, 9.17) is 11.6 Å². The molecule has 0 bridgehead atoms. The molecule has 4 heteroatoms. The van der Waals surface area contributed by atoms with Crippen molar-refractivity contribution in [3.63, 3.8) is 0 Å². The minimum absolute atomic E-state index is 0.0363. The minimum Gasteiger partial charge on any atom is -0.372 e. The Morgan fingerprint density at radius 2 is 1.83 bits per heavy atom. The maximum atomic E-state index is 12.9. The zero-order valence-electron chi connectivity index (χ0n) is 14.1. The second-order valence-electron chi connectivity index (χ2n) is 6.47. The number of aryl methyl sites for hydroxylation is 3. The summed E-state index contributed by atoms with van der Waals surface area (Å²) in [4.78, 5) is 25.5. The highest BCUT2D eigenvalue weighted by atomic mass is 35.5. The van der Waals surface area contributed by atoms with Crippen LogP contribution in [0.4, 0.5) is 0 Å². The van der Waals surface area contributed by atoms with Gasteiger partial charge in [0.2, 0.25) is 0 Å².